The largest absolute Gasteiger partial charge is 0.347 e. The van der Waals surface area contributed by atoms with Gasteiger partial charge in [-0.3, -0.25) is 0 Å². The van der Waals surface area contributed by atoms with E-state index in [-0.39, 0.29) is 0 Å². The van der Waals surface area contributed by atoms with Crippen molar-refractivity contribution in [2.45, 2.75) is 6.92 Å². The third-order valence-electron chi connectivity index (χ3n) is 3.36. The average Bonchev–Trinajstić information content (AvgIpc) is 2.48. The molecule has 0 unspecified atom stereocenters. The van der Waals surface area contributed by atoms with Crippen LogP contribution in [0.5, 0.6) is 0 Å². The van der Waals surface area contributed by atoms with Crippen LogP contribution in [0.1, 0.15) is 5.56 Å². The van der Waals surface area contributed by atoms with Crippen LogP contribution in [0.3, 0.4) is 0 Å². The van der Waals surface area contributed by atoms with Crippen molar-refractivity contribution in [1.82, 2.24) is 9.97 Å². The second-order valence-corrected chi connectivity index (χ2v) is 5.23. The highest BCUT2D eigenvalue weighted by Gasteiger charge is 2.11. The number of hydrogen-bond donors (Lipinski definition) is 1. The molecular formula is C17H18N4. The lowest BCUT2D eigenvalue weighted by Crippen LogP contribution is -2.14. The van der Waals surface area contributed by atoms with Crippen LogP contribution >= 0.6 is 0 Å². The Balaban J connectivity index is 2.19. The molecule has 0 bridgehead atoms. The molecule has 3 rings (SSSR count). The van der Waals surface area contributed by atoms with Gasteiger partial charge >= 0.3 is 0 Å². The van der Waals surface area contributed by atoms with Gasteiger partial charge in [0, 0.05) is 25.2 Å². The van der Waals surface area contributed by atoms with Gasteiger partial charge in [-0.25, -0.2) is 4.98 Å². The molecule has 0 amide bonds. The van der Waals surface area contributed by atoms with Crippen molar-refractivity contribution in [2.24, 2.45) is 0 Å². The Morgan fingerprint density at radius 1 is 0.905 bits per heavy atom. The van der Waals surface area contributed by atoms with Crippen LogP contribution in [-0.2, 0) is 0 Å². The predicted octanol–water partition coefficient (Wildman–Crippen LogP) is 3.75. The van der Waals surface area contributed by atoms with Crippen LogP contribution in [0.2, 0.25) is 0 Å². The van der Waals surface area contributed by atoms with Gasteiger partial charge in [-0.1, -0.05) is 30.3 Å². The summed E-state index contributed by atoms with van der Waals surface area (Å²) in [5.74, 6) is 1.54. The Morgan fingerprint density at radius 2 is 1.67 bits per heavy atom. The van der Waals surface area contributed by atoms with Gasteiger partial charge in [-0.15, -0.1) is 0 Å². The van der Waals surface area contributed by atoms with Gasteiger partial charge in [0.15, 0.2) is 0 Å². The lowest BCUT2D eigenvalue weighted by Gasteiger charge is -2.16. The van der Waals surface area contributed by atoms with Crippen molar-refractivity contribution in [3.63, 3.8) is 0 Å². The van der Waals surface area contributed by atoms with Crippen molar-refractivity contribution in [1.29, 1.82) is 0 Å². The first-order valence-electron chi connectivity index (χ1n) is 6.92. The van der Waals surface area contributed by atoms with E-state index < -0.39 is 0 Å². The Hall–Kier alpha value is -2.62. The smallest absolute Gasteiger partial charge is 0.227 e. The van der Waals surface area contributed by atoms with Gasteiger partial charge in [0.1, 0.15) is 5.82 Å². The normalized spacial score (nSPS) is 10.6. The van der Waals surface area contributed by atoms with E-state index in [0.29, 0.717) is 5.95 Å². The summed E-state index contributed by atoms with van der Waals surface area (Å²) in [5, 5.41) is 4.47. The summed E-state index contributed by atoms with van der Waals surface area (Å²) in [7, 11) is 3.90. The van der Waals surface area contributed by atoms with E-state index in [1.807, 2.05) is 61.5 Å². The third kappa shape index (κ3) is 2.65. The van der Waals surface area contributed by atoms with Gasteiger partial charge in [0.05, 0.1) is 5.52 Å². The fourth-order valence-electron chi connectivity index (χ4n) is 2.29. The number of nitrogens with zero attached hydrogens (tertiary/aromatic N) is 3. The first-order valence-corrected chi connectivity index (χ1v) is 6.92. The maximum absolute atomic E-state index is 4.66. The first kappa shape index (κ1) is 13.4. The van der Waals surface area contributed by atoms with Crippen molar-refractivity contribution < 1.29 is 0 Å². The number of anilines is 3. The average molecular weight is 278 g/mol. The molecule has 3 aromatic rings. The topological polar surface area (TPSA) is 41.1 Å². The number of aryl methyl sites for hydroxylation is 1. The summed E-state index contributed by atoms with van der Waals surface area (Å²) in [6.45, 7) is 2.08. The van der Waals surface area contributed by atoms with Gasteiger partial charge in [-0.05, 0) is 30.7 Å². The minimum Gasteiger partial charge on any atom is -0.347 e. The van der Waals surface area contributed by atoms with Crippen molar-refractivity contribution in [3.05, 3.63) is 54.1 Å². The van der Waals surface area contributed by atoms with E-state index in [1.165, 1.54) is 0 Å². The van der Waals surface area contributed by atoms with Crippen LogP contribution in [0.25, 0.3) is 10.9 Å². The first-order chi connectivity index (χ1) is 10.1. The highest BCUT2D eigenvalue weighted by atomic mass is 15.2. The summed E-state index contributed by atoms with van der Waals surface area (Å²) in [4.78, 5) is 11.2. The second kappa shape index (κ2) is 5.40. The molecule has 0 aliphatic rings. The minimum absolute atomic E-state index is 0.700. The van der Waals surface area contributed by atoms with Gasteiger partial charge in [-0.2, -0.15) is 4.98 Å². The molecule has 0 spiro atoms. The molecule has 0 radical (unpaired) electrons. The monoisotopic (exact) mass is 278 g/mol. The molecule has 0 fully saturated rings. The fraction of sp³-hybridized carbons (Fsp3) is 0.176. The molecule has 2 aromatic carbocycles. The molecule has 1 aromatic heterocycles. The van der Waals surface area contributed by atoms with E-state index in [1.54, 1.807) is 0 Å². The zero-order valence-electron chi connectivity index (χ0n) is 12.5. The quantitative estimate of drug-likeness (QED) is 0.792. The molecule has 0 aliphatic carbocycles. The van der Waals surface area contributed by atoms with Crippen molar-refractivity contribution in [2.75, 3.05) is 24.3 Å². The molecule has 4 heteroatoms. The number of fused-ring (bicyclic) bond motifs is 1. The van der Waals surface area contributed by atoms with Gasteiger partial charge in [0.25, 0.3) is 0 Å². The van der Waals surface area contributed by atoms with E-state index in [9.17, 15) is 0 Å². The Kier molecular flexibility index (Phi) is 3.44. The van der Waals surface area contributed by atoms with Gasteiger partial charge in [0.2, 0.25) is 5.95 Å². The lowest BCUT2D eigenvalue weighted by atomic mass is 10.1. The fourth-order valence-corrected chi connectivity index (χ4v) is 2.29. The molecule has 106 valence electrons. The Morgan fingerprint density at radius 3 is 2.38 bits per heavy atom. The Bertz CT molecular complexity index is 766. The predicted molar refractivity (Wildman–Crippen MR) is 88.3 cm³/mol. The minimum atomic E-state index is 0.700. The van der Waals surface area contributed by atoms with Gasteiger partial charge < -0.3 is 10.2 Å². The molecule has 0 aliphatic heterocycles. The molecule has 0 saturated carbocycles. The molecule has 0 atom stereocenters. The molecular weight excluding hydrogens is 260 g/mol. The number of rotatable bonds is 3. The second-order valence-electron chi connectivity index (χ2n) is 5.23. The summed E-state index contributed by atoms with van der Waals surface area (Å²) in [5.41, 5.74) is 3.13. The van der Waals surface area contributed by atoms with Crippen LogP contribution in [0, 0.1) is 6.92 Å². The number of hydrogen-bond acceptors (Lipinski definition) is 4. The molecule has 1 N–H and O–H groups in total. The number of para-hydroxylation sites is 1. The van der Waals surface area contributed by atoms with Crippen LogP contribution in [0.15, 0.2) is 48.5 Å². The zero-order valence-corrected chi connectivity index (χ0v) is 12.5. The number of nitrogens with one attached hydrogen (secondary N) is 1. The van der Waals surface area contributed by atoms with E-state index in [2.05, 4.69) is 28.3 Å². The zero-order chi connectivity index (χ0) is 14.8. The molecule has 21 heavy (non-hydrogen) atoms. The molecule has 4 nitrogen and oxygen atoms in total. The third-order valence-corrected chi connectivity index (χ3v) is 3.36. The molecule has 1 heterocycles. The van der Waals surface area contributed by atoms with Crippen LogP contribution in [-0.4, -0.2) is 24.1 Å². The summed E-state index contributed by atoms with van der Waals surface area (Å²) >= 11 is 0. The van der Waals surface area contributed by atoms with Crippen molar-refractivity contribution in [3.8, 4) is 0 Å². The van der Waals surface area contributed by atoms with E-state index >= 15 is 0 Å². The Labute approximate surface area is 124 Å². The maximum atomic E-state index is 4.66. The van der Waals surface area contributed by atoms with Crippen LogP contribution < -0.4 is 10.2 Å². The number of benzene rings is 2. The maximum Gasteiger partial charge on any atom is 0.227 e. The summed E-state index contributed by atoms with van der Waals surface area (Å²) < 4.78 is 0. The highest BCUT2D eigenvalue weighted by Crippen LogP contribution is 2.28. The van der Waals surface area contributed by atoms with Crippen molar-refractivity contribution >= 4 is 28.4 Å². The van der Waals surface area contributed by atoms with E-state index in [0.717, 1.165) is 28.0 Å². The molecule has 0 saturated heterocycles. The lowest BCUT2D eigenvalue weighted by molar-refractivity contribution is 1.02. The SMILES string of the molecule is Cc1cccc2nc(N(C)C)nc(Nc3ccccc3)c12. The summed E-state index contributed by atoms with van der Waals surface area (Å²) in [6, 6.07) is 16.2. The standard InChI is InChI=1S/C17H18N4/c1-12-8-7-11-14-15(12)16(20-17(19-14)21(2)3)18-13-9-5-4-6-10-13/h4-11H,1-3H3,(H,18,19,20). The van der Waals surface area contributed by atoms with E-state index in [4.69, 9.17) is 0 Å². The number of aromatic nitrogens is 2. The van der Waals surface area contributed by atoms with Crippen LogP contribution in [0.4, 0.5) is 17.5 Å². The summed E-state index contributed by atoms with van der Waals surface area (Å²) in [6.07, 6.45) is 0. The highest BCUT2D eigenvalue weighted by molar-refractivity contribution is 5.94.